The summed E-state index contributed by atoms with van der Waals surface area (Å²) in [7, 11) is 0. The Bertz CT molecular complexity index is 689. The molecule has 0 aliphatic heterocycles. The van der Waals surface area contributed by atoms with Crippen molar-refractivity contribution in [1.82, 2.24) is 0 Å². The number of alkyl halides is 3. The third kappa shape index (κ3) is 4.97. The van der Waals surface area contributed by atoms with Gasteiger partial charge in [-0.25, -0.2) is 4.79 Å². The van der Waals surface area contributed by atoms with Crippen molar-refractivity contribution in [2.75, 3.05) is 18.1 Å². The van der Waals surface area contributed by atoms with Gasteiger partial charge in [-0.15, -0.1) is 0 Å². The van der Waals surface area contributed by atoms with Crippen LogP contribution in [0.5, 0.6) is 0 Å². The number of amides is 1. The minimum atomic E-state index is -5.32. The zero-order chi connectivity index (χ0) is 20.8. The minimum absolute atomic E-state index is 0.152. The number of carboxylic acid groups (broad SMARTS) is 1. The third-order valence-corrected chi connectivity index (χ3v) is 3.75. The van der Waals surface area contributed by atoms with Crippen LogP contribution in [0.2, 0.25) is 0 Å². The van der Waals surface area contributed by atoms with Crippen molar-refractivity contribution >= 4 is 23.5 Å². The highest BCUT2D eigenvalue weighted by Gasteiger charge is 2.62. The lowest BCUT2D eigenvalue weighted by Crippen LogP contribution is -2.50. The molecule has 0 radical (unpaired) electrons. The van der Waals surface area contributed by atoms with Gasteiger partial charge in [0, 0.05) is 24.2 Å². The van der Waals surface area contributed by atoms with E-state index in [0.29, 0.717) is 0 Å². The highest BCUT2D eigenvalue weighted by atomic mass is 19.4. The molecule has 0 bridgehead atoms. The van der Waals surface area contributed by atoms with Crippen LogP contribution in [0.1, 0.15) is 32.3 Å². The van der Waals surface area contributed by atoms with Gasteiger partial charge in [-0.2, -0.15) is 13.2 Å². The van der Waals surface area contributed by atoms with E-state index in [2.05, 4.69) is 4.74 Å². The number of nitrogens with zero attached hydrogens (tertiary/aromatic N) is 1. The topological polar surface area (TPSA) is 104 Å². The van der Waals surface area contributed by atoms with Crippen LogP contribution in [0.3, 0.4) is 0 Å². The number of anilines is 1. The number of carbonyl (C=O) groups excluding carboxylic acids is 2. The smallest absolute Gasteiger partial charge is 0.432 e. The lowest BCUT2D eigenvalue weighted by Gasteiger charge is -2.29. The number of carbonyl (C=O) groups is 3. The van der Waals surface area contributed by atoms with E-state index in [0.717, 1.165) is 24.3 Å². The molecule has 0 aliphatic carbocycles. The molecule has 0 saturated heterocycles. The van der Waals surface area contributed by atoms with E-state index >= 15 is 0 Å². The Kier molecular flexibility index (Phi) is 7.35. The molecule has 0 aliphatic rings. The summed E-state index contributed by atoms with van der Waals surface area (Å²) in [6.45, 7) is 2.72. The van der Waals surface area contributed by atoms with Gasteiger partial charge in [0.25, 0.3) is 5.60 Å². The van der Waals surface area contributed by atoms with Gasteiger partial charge in [0.15, 0.2) is 0 Å². The van der Waals surface area contributed by atoms with Crippen LogP contribution in [0.15, 0.2) is 24.3 Å². The molecule has 0 unspecified atom stereocenters. The highest BCUT2D eigenvalue weighted by Crippen LogP contribution is 2.40. The fourth-order valence-corrected chi connectivity index (χ4v) is 2.37. The van der Waals surface area contributed by atoms with Gasteiger partial charge < -0.3 is 19.8 Å². The molecule has 1 aromatic rings. The van der Waals surface area contributed by atoms with Crippen LogP contribution < -0.4 is 4.90 Å². The Morgan fingerprint density at radius 1 is 1.07 bits per heavy atom. The molecule has 2 N–H and O–H groups in total. The Morgan fingerprint density at radius 2 is 1.63 bits per heavy atom. The normalized spacial score (nSPS) is 13.6. The summed E-state index contributed by atoms with van der Waals surface area (Å²) in [6, 6.07) is 4.00. The van der Waals surface area contributed by atoms with Gasteiger partial charge in [-0.05, 0) is 26.0 Å². The van der Waals surface area contributed by atoms with Crippen molar-refractivity contribution in [2.24, 2.45) is 0 Å². The van der Waals surface area contributed by atoms with Gasteiger partial charge in [-0.3, -0.25) is 9.59 Å². The van der Waals surface area contributed by atoms with Gasteiger partial charge >= 0.3 is 18.1 Å². The highest BCUT2D eigenvalue weighted by molar-refractivity contribution is 5.94. The first-order valence-corrected chi connectivity index (χ1v) is 8.08. The summed E-state index contributed by atoms with van der Waals surface area (Å²) in [5, 5.41) is 18.7. The molecule has 1 atom stereocenters. The SMILES string of the molecule is CCOC(=O)[C@](O)(c1ccc(N(CC)C(=O)CCC(=O)O)cc1)C(F)(F)F. The monoisotopic (exact) mass is 391 g/mol. The summed E-state index contributed by atoms with van der Waals surface area (Å²) < 4.78 is 44.3. The van der Waals surface area contributed by atoms with Crippen molar-refractivity contribution < 1.29 is 42.5 Å². The molecule has 150 valence electrons. The average Bonchev–Trinajstić information content (AvgIpc) is 2.59. The van der Waals surface area contributed by atoms with E-state index in [1.807, 2.05) is 0 Å². The predicted molar refractivity (Wildman–Crippen MR) is 87.9 cm³/mol. The van der Waals surface area contributed by atoms with Crippen LogP contribution in [0, 0.1) is 0 Å². The Labute approximate surface area is 153 Å². The van der Waals surface area contributed by atoms with Crippen molar-refractivity contribution in [3.05, 3.63) is 29.8 Å². The Morgan fingerprint density at radius 3 is 2.04 bits per heavy atom. The van der Waals surface area contributed by atoms with E-state index in [1.54, 1.807) is 6.92 Å². The van der Waals surface area contributed by atoms with Crippen LogP contribution >= 0.6 is 0 Å². The largest absolute Gasteiger partial charge is 0.481 e. The molecule has 0 spiro atoms. The second-order valence-electron chi connectivity index (χ2n) is 5.51. The second kappa shape index (κ2) is 8.85. The predicted octanol–water partition coefficient (Wildman–Crippen LogP) is 2.22. The molecule has 1 aromatic carbocycles. The molecule has 10 heteroatoms. The van der Waals surface area contributed by atoms with E-state index in [4.69, 9.17) is 5.11 Å². The fraction of sp³-hybridized carbons (Fsp3) is 0.471. The number of esters is 1. The summed E-state index contributed by atoms with van der Waals surface area (Å²) in [4.78, 5) is 35.6. The first kappa shape index (κ1) is 22.4. The first-order chi connectivity index (χ1) is 12.5. The number of aliphatic hydroxyl groups is 1. The molecule has 0 fully saturated rings. The Hall–Kier alpha value is -2.62. The number of hydrogen-bond acceptors (Lipinski definition) is 5. The summed E-state index contributed by atoms with van der Waals surface area (Å²) in [6.07, 6.45) is -5.98. The molecule has 7 nitrogen and oxygen atoms in total. The van der Waals surface area contributed by atoms with Crippen molar-refractivity contribution in [3.63, 3.8) is 0 Å². The summed E-state index contributed by atoms with van der Waals surface area (Å²) in [5.74, 6) is -3.53. The standard InChI is InChI=1S/C17H20F3NO6/c1-3-21(13(22)9-10-14(23)24)12-7-5-11(6-8-12)16(26,17(18,19)20)15(25)27-4-2/h5-8,26H,3-4,9-10H2,1-2H3,(H,23,24)/t16-/m1/s1. The maximum absolute atomic E-state index is 13.3. The Balaban J connectivity index is 3.18. The van der Waals surface area contributed by atoms with E-state index < -0.39 is 35.2 Å². The number of ether oxygens (including phenoxy) is 1. The average molecular weight is 391 g/mol. The van der Waals surface area contributed by atoms with Crippen LogP contribution in [0.25, 0.3) is 0 Å². The fourth-order valence-electron chi connectivity index (χ4n) is 2.37. The number of carboxylic acids is 1. The maximum atomic E-state index is 13.3. The quantitative estimate of drug-likeness (QED) is 0.659. The molecule has 0 aromatic heterocycles. The van der Waals surface area contributed by atoms with E-state index in [9.17, 15) is 32.7 Å². The lowest BCUT2D eigenvalue weighted by molar-refractivity contribution is -0.267. The van der Waals surface area contributed by atoms with Crippen molar-refractivity contribution in [2.45, 2.75) is 38.5 Å². The zero-order valence-electron chi connectivity index (χ0n) is 14.7. The van der Waals surface area contributed by atoms with Gasteiger partial charge in [0.1, 0.15) is 0 Å². The lowest BCUT2D eigenvalue weighted by atomic mass is 9.92. The molecule has 0 saturated carbocycles. The molecular formula is C17H20F3NO6. The van der Waals surface area contributed by atoms with Gasteiger partial charge in [0.2, 0.25) is 5.91 Å². The number of rotatable bonds is 8. The van der Waals surface area contributed by atoms with Gasteiger partial charge in [0.05, 0.1) is 13.0 Å². The first-order valence-electron chi connectivity index (χ1n) is 8.08. The molecule has 1 amide bonds. The van der Waals surface area contributed by atoms with Gasteiger partial charge in [-0.1, -0.05) is 12.1 Å². The van der Waals surface area contributed by atoms with Crippen molar-refractivity contribution in [3.8, 4) is 0 Å². The molecular weight excluding hydrogens is 371 g/mol. The number of benzene rings is 1. The van der Waals surface area contributed by atoms with Crippen molar-refractivity contribution in [1.29, 1.82) is 0 Å². The van der Waals surface area contributed by atoms with Crippen LogP contribution in [-0.4, -0.2) is 47.4 Å². The van der Waals surface area contributed by atoms with E-state index in [-0.39, 0.29) is 31.7 Å². The number of halogens is 3. The molecule has 27 heavy (non-hydrogen) atoms. The molecule has 1 rings (SSSR count). The van der Waals surface area contributed by atoms with Crippen LogP contribution in [0.4, 0.5) is 18.9 Å². The number of hydrogen-bond donors (Lipinski definition) is 2. The summed E-state index contributed by atoms with van der Waals surface area (Å²) >= 11 is 0. The number of aliphatic carboxylic acids is 1. The minimum Gasteiger partial charge on any atom is -0.481 e. The second-order valence-corrected chi connectivity index (χ2v) is 5.51. The van der Waals surface area contributed by atoms with Crippen LogP contribution in [-0.2, 0) is 24.7 Å². The molecule has 0 heterocycles. The third-order valence-electron chi connectivity index (χ3n) is 3.75. The maximum Gasteiger partial charge on any atom is 0.432 e. The zero-order valence-corrected chi connectivity index (χ0v) is 14.7. The summed E-state index contributed by atoms with van der Waals surface area (Å²) in [5.41, 5.74) is -4.40. The van der Waals surface area contributed by atoms with E-state index in [1.165, 1.54) is 11.8 Å².